The van der Waals surface area contributed by atoms with Crippen molar-refractivity contribution >= 4 is 11.5 Å². The van der Waals surface area contributed by atoms with E-state index in [9.17, 15) is 4.79 Å². The van der Waals surface area contributed by atoms with E-state index in [1.54, 1.807) is 42.2 Å². The number of ketones is 1. The fourth-order valence-electron chi connectivity index (χ4n) is 1.53. The van der Waals surface area contributed by atoms with Crippen LogP contribution in [-0.4, -0.2) is 15.3 Å². The summed E-state index contributed by atoms with van der Waals surface area (Å²) >= 11 is 0. The highest BCUT2D eigenvalue weighted by molar-refractivity contribution is 6.07. The number of nitrogen functional groups attached to an aromatic ring is 1. The van der Waals surface area contributed by atoms with E-state index >= 15 is 0 Å². The molecule has 0 bridgehead atoms. The quantitative estimate of drug-likeness (QED) is 0.610. The van der Waals surface area contributed by atoms with Gasteiger partial charge in [0.2, 0.25) is 5.78 Å². The van der Waals surface area contributed by atoms with E-state index in [4.69, 9.17) is 5.73 Å². The first-order valence-electron chi connectivity index (χ1n) is 4.97. The van der Waals surface area contributed by atoms with Crippen molar-refractivity contribution in [1.29, 1.82) is 0 Å². The maximum absolute atomic E-state index is 12.1. The van der Waals surface area contributed by atoms with Crippen LogP contribution in [0.5, 0.6) is 0 Å². The smallest absolute Gasteiger partial charge is 0.228 e. The van der Waals surface area contributed by atoms with Gasteiger partial charge in [-0.15, -0.1) is 0 Å². The number of aryl methyl sites for hydroxylation is 2. The van der Waals surface area contributed by atoms with Crippen molar-refractivity contribution in [3.05, 3.63) is 47.5 Å². The Bertz CT molecular complexity index is 543. The topological polar surface area (TPSA) is 60.9 Å². The zero-order chi connectivity index (χ0) is 11.7. The van der Waals surface area contributed by atoms with E-state index in [1.165, 1.54) is 0 Å². The first-order valence-corrected chi connectivity index (χ1v) is 4.97. The van der Waals surface area contributed by atoms with Crippen molar-refractivity contribution in [1.82, 2.24) is 9.55 Å². The predicted molar refractivity (Wildman–Crippen MR) is 62.2 cm³/mol. The Kier molecular flexibility index (Phi) is 2.48. The number of anilines is 1. The lowest BCUT2D eigenvalue weighted by molar-refractivity contribution is 0.102. The molecule has 82 valence electrons. The summed E-state index contributed by atoms with van der Waals surface area (Å²) < 4.78 is 1.70. The Labute approximate surface area is 93.7 Å². The van der Waals surface area contributed by atoms with Crippen molar-refractivity contribution in [3.63, 3.8) is 0 Å². The van der Waals surface area contributed by atoms with Crippen molar-refractivity contribution in [3.8, 4) is 0 Å². The molecule has 0 unspecified atom stereocenters. The third kappa shape index (κ3) is 1.69. The van der Waals surface area contributed by atoms with E-state index in [1.807, 2.05) is 6.92 Å². The first-order chi connectivity index (χ1) is 7.59. The first kappa shape index (κ1) is 10.4. The van der Waals surface area contributed by atoms with Gasteiger partial charge in [-0.2, -0.15) is 0 Å². The van der Waals surface area contributed by atoms with E-state index in [-0.39, 0.29) is 5.78 Å². The summed E-state index contributed by atoms with van der Waals surface area (Å²) in [5, 5.41) is 0. The minimum absolute atomic E-state index is 0.0874. The maximum Gasteiger partial charge on any atom is 0.228 e. The van der Waals surface area contributed by atoms with Crippen LogP contribution in [0.3, 0.4) is 0 Å². The van der Waals surface area contributed by atoms with Gasteiger partial charge in [0.05, 0.1) is 0 Å². The van der Waals surface area contributed by atoms with Gasteiger partial charge in [0.1, 0.15) is 0 Å². The number of hydrogen-bond acceptors (Lipinski definition) is 3. The molecule has 16 heavy (non-hydrogen) atoms. The molecule has 0 spiro atoms. The second-order valence-electron chi connectivity index (χ2n) is 3.76. The lowest BCUT2D eigenvalue weighted by atomic mass is 10.1. The summed E-state index contributed by atoms with van der Waals surface area (Å²) in [5.41, 5.74) is 7.91. The molecule has 1 aromatic carbocycles. The highest BCUT2D eigenvalue weighted by Crippen LogP contribution is 2.15. The van der Waals surface area contributed by atoms with Gasteiger partial charge in [0.15, 0.2) is 5.82 Å². The molecule has 1 heterocycles. The summed E-state index contributed by atoms with van der Waals surface area (Å²) in [6.45, 7) is 1.88. The molecule has 0 aliphatic carbocycles. The fourth-order valence-corrected chi connectivity index (χ4v) is 1.53. The van der Waals surface area contributed by atoms with Gasteiger partial charge in [0, 0.05) is 30.7 Å². The van der Waals surface area contributed by atoms with E-state index in [0.717, 1.165) is 5.56 Å². The van der Waals surface area contributed by atoms with Crippen LogP contribution in [0.15, 0.2) is 30.6 Å². The lowest BCUT2D eigenvalue weighted by Crippen LogP contribution is -2.09. The molecule has 4 heteroatoms. The zero-order valence-electron chi connectivity index (χ0n) is 9.27. The average Bonchev–Trinajstić information content (AvgIpc) is 2.67. The van der Waals surface area contributed by atoms with Gasteiger partial charge < -0.3 is 10.3 Å². The number of carbonyl (C=O) groups is 1. The van der Waals surface area contributed by atoms with Crippen molar-refractivity contribution < 1.29 is 4.79 Å². The van der Waals surface area contributed by atoms with Gasteiger partial charge in [-0.3, -0.25) is 4.79 Å². The molecule has 1 aromatic heterocycles. The molecular formula is C12H13N3O. The monoisotopic (exact) mass is 215 g/mol. The number of rotatable bonds is 2. The second-order valence-corrected chi connectivity index (χ2v) is 3.76. The van der Waals surface area contributed by atoms with Crippen LogP contribution in [0.25, 0.3) is 0 Å². The average molecular weight is 215 g/mol. The maximum atomic E-state index is 12.1. The number of aromatic nitrogens is 2. The van der Waals surface area contributed by atoms with Crippen LogP contribution in [0, 0.1) is 6.92 Å². The van der Waals surface area contributed by atoms with Crippen LogP contribution in [0.4, 0.5) is 5.69 Å². The number of imidazole rings is 1. The largest absolute Gasteiger partial charge is 0.399 e. The molecule has 2 rings (SSSR count). The second kappa shape index (κ2) is 3.81. The molecule has 0 aliphatic rings. The molecule has 2 aromatic rings. The Morgan fingerprint density at radius 1 is 1.44 bits per heavy atom. The minimum atomic E-state index is -0.0874. The third-order valence-corrected chi connectivity index (χ3v) is 2.56. The molecule has 0 radical (unpaired) electrons. The van der Waals surface area contributed by atoms with Crippen LogP contribution in [0.2, 0.25) is 0 Å². The normalized spacial score (nSPS) is 10.4. The van der Waals surface area contributed by atoms with Gasteiger partial charge >= 0.3 is 0 Å². The lowest BCUT2D eigenvalue weighted by Gasteiger charge is -2.04. The number of benzene rings is 1. The van der Waals surface area contributed by atoms with Crippen LogP contribution in [-0.2, 0) is 7.05 Å². The molecule has 0 fully saturated rings. The van der Waals surface area contributed by atoms with E-state index in [2.05, 4.69) is 4.98 Å². The highest BCUT2D eigenvalue weighted by atomic mass is 16.1. The van der Waals surface area contributed by atoms with Crippen LogP contribution < -0.4 is 5.73 Å². The fraction of sp³-hybridized carbons (Fsp3) is 0.167. The number of nitrogens with zero attached hydrogens (tertiary/aromatic N) is 2. The van der Waals surface area contributed by atoms with Crippen molar-refractivity contribution in [2.75, 3.05) is 5.73 Å². The summed E-state index contributed by atoms with van der Waals surface area (Å²) in [6, 6.07) is 5.25. The summed E-state index contributed by atoms with van der Waals surface area (Å²) in [7, 11) is 1.80. The molecule has 2 N–H and O–H groups in total. The van der Waals surface area contributed by atoms with Crippen LogP contribution in [0.1, 0.15) is 21.7 Å². The van der Waals surface area contributed by atoms with Crippen molar-refractivity contribution in [2.24, 2.45) is 7.05 Å². The molecule has 0 aliphatic heterocycles. The molecule has 0 saturated heterocycles. The standard InChI is InChI=1S/C12H13N3O/c1-8-7-9(3-4-10(8)13)11(16)12-14-5-6-15(12)2/h3-7H,13H2,1-2H3. The van der Waals surface area contributed by atoms with Crippen molar-refractivity contribution in [2.45, 2.75) is 6.92 Å². The molecular weight excluding hydrogens is 202 g/mol. The Morgan fingerprint density at radius 2 is 2.19 bits per heavy atom. The minimum Gasteiger partial charge on any atom is -0.399 e. The van der Waals surface area contributed by atoms with Crippen LogP contribution >= 0.6 is 0 Å². The van der Waals surface area contributed by atoms with Gasteiger partial charge in [-0.05, 0) is 30.7 Å². The number of carbonyl (C=O) groups excluding carboxylic acids is 1. The third-order valence-electron chi connectivity index (χ3n) is 2.56. The summed E-state index contributed by atoms with van der Waals surface area (Å²) in [4.78, 5) is 16.1. The van der Waals surface area contributed by atoms with E-state index < -0.39 is 0 Å². The number of hydrogen-bond donors (Lipinski definition) is 1. The Balaban J connectivity index is 2.42. The summed E-state index contributed by atoms with van der Waals surface area (Å²) in [5.74, 6) is 0.347. The van der Waals surface area contributed by atoms with E-state index in [0.29, 0.717) is 17.1 Å². The molecule has 0 amide bonds. The zero-order valence-corrected chi connectivity index (χ0v) is 9.27. The molecule has 0 atom stereocenters. The summed E-state index contributed by atoms with van der Waals surface area (Å²) in [6.07, 6.45) is 3.36. The number of nitrogens with two attached hydrogens (primary N) is 1. The Morgan fingerprint density at radius 3 is 2.75 bits per heavy atom. The van der Waals surface area contributed by atoms with Gasteiger partial charge in [-0.25, -0.2) is 4.98 Å². The van der Waals surface area contributed by atoms with Gasteiger partial charge in [-0.1, -0.05) is 0 Å². The predicted octanol–water partition coefficient (Wildman–Crippen LogP) is 1.54. The molecule has 4 nitrogen and oxygen atoms in total. The van der Waals surface area contributed by atoms with Gasteiger partial charge in [0.25, 0.3) is 0 Å². The highest BCUT2D eigenvalue weighted by Gasteiger charge is 2.13. The Hall–Kier alpha value is -2.10. The SMILES string of the molecule is Cc1cc(C(=O)c2nccn2C)ccc1N. The molecule has 0 saturated carbocycles.